The first-order valence-electron chi connectivity index (χ1n) is 10.6. The Kier molecular flexibility index (Phi) is 6.63. The maximum absolute atomic E-state index is 13.0. The van der Waals surface area contributed by atoms with Gasteiger partial charge in [0.2, 0.25) is 0 Å². The third kappa shape index (κ3) is 5.27. The van der Waals surface area contributed by atoms with Crippen LogP contribution in [-0.4, -0.2) is 35.2 Å². The number of rotatable bonds is 4. The molecule has 1 amide bonds. The second-order valence-electron chi connectivity index (χ2n) is 9.06. The van der Waals surface area contributed by atoms with Crippen molar-refractivity contribution in [3.63, 3.8) is 0 Å². The molecular weight excluding hydrogens is 354 g/mol. The summed E-state index contributed by atoms with van der Waals surface area (Å²) in [6.07, 6.45) is 6.38. The van der Waals surface area contributed by atoms with Crippen LogP contribution in [0.2, 0.25) is 0 Å². The van der Waals surface area contributed by atoms with Crippen molar-refractivity contribution in [3.8, 4) is 0 Å². The zero-order chi connectivity index (χ0) is 20.1. The molecule has 154 valence electrons. The molecule has 2 fully saturated rings. The number of carbonyl (C=O) groups excluding carboxylic acids is 2. The highest BCUT2D eigenvalue weighted by Gasteiger charge is 2.47. The Labute approximate surface area is 168 Å². The van der Waals surface area contributed by atoms with Gasteiger partial charge in [0.15, 0.2) is 0 Å². The standard InChI is InChI=1S/C23H33NO4/c1-23(2,3)28-21(25)20-19(18-12-8-5-9-13-18)14-15-24(20)22(26)27-16-17-10-6-4-7-11-17/h4,6-7,10-11,18-20H,5,8-9,12-16H2,1-3H3/t19-,20+/m1/s1. The average molecular weight is 388 g/mol. The lowest BCUT2D eigenvalue weighted by molar-refractivity contribution is -0.162. The number of benzene rings is 1. The van der Waals surface area contributed by atoms with Gasteiger partial charge in [-0.3, -0.25) is 4.90 Å². The number of hydrogen-bond acceptors (Lipinski definition) is 4. The van der Waals surface area contributed by atoms with Gasteiger partial charge in [0.05, 0.1) is 0 Å². The first kappa shape index (κ1) is 20.7. The van der Waals surface area contributed by atoms with Gasteiger partial charge in [0.25, 0.3) is 0 Å². The summed E-state index contributed by atoms with van der Waals surface area (Å²) in [6.45, 7) is 6.37. The number of carbonyl (C=O) groups is 2. The average Bonchev–Trinajstić information content (AvgIpc) is 3.12. The van der Waals surface area contributed by atoms with E-state index in [1.54, 1.807) is 4.90 Å². The van der Waals surface area contributed by atoms with Crippen LogP contribution < -0.4 is 0 Å². The van der Waals surface area contributed by atoms with Gasteiger partial charge in [-0.1, -0.05) is 62.4 Å². The SMILES string of the molecule is CC(C)(C)OC(=O)[C@@H]1[C@@H](C2CCCCC2)CCN1C(=O)OCc1ccccc1. The number of hydrogen-bond donors (Lipinski definition) is 0. The summed E-state index contributed by atoms with van der Waals surface area (Å²) in [5, 5.41) is 0. The first-order valence-corrected chi connectivity index (χ1v) is 10.6. The highest BCUT2D eigenvalue weighted by atomic mass is 16.6. The second-order valence-corrected chi connectivity index (χ2v) is 9.06. The number of ether oxygens (including phenoxy) is 2. The lowest BCUT2D eigenvalue weighted by Gasteiger charge is -2.34. The third-order valence-electron chi connectivity index (χ3n) is 5.79. The summed E-state index contributed by atoms with van der Waals surface area (Å²) >= 11 is 0. The van der Waals surface area contributed by atoms with Crippen LogP contribution in [0.15, 0.2) is 30.3 Å². The molecule has 1 aliphatic carbocycles. The van der Waals surface area contributed by atoms with E-state index in [1.807, 2.05) is 51.1 Å². The maximum Gasteiger partial charge on any atom is 0.410 e. The Bertz CT molecular complexity index is 661. The van der Waals surface area contributed by atoms with Crippen molar-refractivity contribution in [1.29, 1.82) is 0 Å². The van der Waals surface area contributed by atoms with Gasteiger partial charge < -0.3 is 9.47 Å². The molecular formula is C23H33NO4. The molecule has 3 rings (SSSR count). The zero-order valence-corrected chi connectivity index (χ0v) is 17.4. The van der Waals surface area contributed by atoms with Gasteiger partial charge >= 0.3 is 12.1 Å². The molecule has 5 heteroatoms. The molecule has 0 radical (unpaired) electrons. The summed E-state index contributed by atoms with van der Waals surface area (Å²) in [5.74, 6) is 0.356. The minimum absolute atomic E-state index is 0.166. The van der Waals surface area contributed by atoms with Gasteiger partial charge in [-0.15, -0.1) is 0 Å². The van der Waals surface area contributed by atoms with Gasteiger partial charge in [-0.25, -0.2) is 9.59 Å². The van der Waals surface area contributed by atoms with E-state index in [0.717, 1.165) is 24.8 Å². The van der Waals surface area contributed by atoms with Crippen LogP contribution in [0.25, 0.3) is 0 Å². The fourth-order valence-electron chi connectivity index (χ4n) is 4.54. The molecule has 0 bridgehead atoms. The normalized spacial score (nSPS) is 23.5. The Morgan fingerprint density at radius 2 is 1.71 bits per heavy atom. The number of likely N-dealkylation sites (tertiary alicyclic amines) is 1. The minimum Gasteiger partial charge on any atom is -0.458 e. The molecule has 0 N–H and O–H groups in total. The summed E-state index contributed by atoms with van der Waals surface area (Å²) < 4.78 is 11.2. The molecule has 2 atom stereocenters. The quantitative estimate of drug-likeness (QED) is 0.687. The van der Waals surface area contributed by atoms with Crippen LogP contribution in [0.3, 0.4) is 0 Å². The van der Waals surface area contributed by atoms with Crippen molar-refractivity contribution in [2.45, 2.75) is 77.5 Å². The van der Waals surface area contributed by atoms with Crippen LogP contribution in [0.1, 0.15) is 64.9 Å². The summed E-state index contributed by atoms with van der Waals surface area (Å²) in [7, 11) is 0. The van der Waals surface area contributed by atoms with E-state index in [1.165, 1.54) is 19.3 Å². The number of amides is 1. The van der Waals surface area contributed by atoms with E-state index in [4.69, 9.17) is 9.47 Å². The monoisotopic (exact) mass is 387 g/mol. The fourth-order valence-corrected chi connectivity index (χ4v) is 4.54. The molecule has 0 spiro atoms. The van der Waals surface area contributed by atoms with Crippen molar-refractivity contribution < 1.29 is 19.1 Å². The molecule has 2 aliphatic rings. The molecule has 1 saturated carbocycles. The molecule has 1 aliphatic heterocycles. The van der Waals surface area contributed by atoms with Crippen molar-refractivity contribution >= 4 is 12.1 Å². The molecule has 1 aromatic rings. The van der Waals surface area contributed by atoms with Crippen molar-refractivity contribution in [2.75, 3.05) is 6.54 Å². The van der Waals surface area contributed by atoms with Crippen LogP contribution in [0, 0.1) is 11.8 Å². The summed E-state index contributed by atoms with van der Waals surface area (Å²) in [4.78, 5) is 27.5. The van der Waals surface area contributed by atoms with E-state index in [2.05, 4.69) is 0 Å². The Morgan fingerprint density at radius 1 is 1.04 bits per heavy atom. The highest BCUT2D eigenvalue weighted by Crippen LogP contribution is 2.40. The van der Waals surface area contributed by atoms with Gasteiger partial charge in [-0.2, -0.15) is 0 Å². The van der Waals surface area contributed by atoms with E-state index in [0.29, 0.717) is 12.5 Å². The van der Waals surface area contributed by atoms with E-state index in [9.17, 15) is 9.59 Å². The van der Waals surface area contributed by atoms with Gasteiger partial charge in [-0.05, 0) is 44.6 Å². The summed E-state index contributed by atoms with van der Waals surface area (Å²) in [5.41, 5.74) is 0.365. The fraction of sp³-hybridized carbons (Fsp3) is 0.652. The van der Waals surface area contributed by atoms with Crippen LogP contribution >= 0.6 is 0 Å². The van der Waals surface area contributed by atoms with E-state index >= 15 is 0 Å². The van der Waals surface area contributed by atoms with Gasteiger partial charge in [0.1, 0.15) is 18.2 Å². The molecule has 0 aromatic heterocycles. The second kappa shape index (κ2) is 8.97. The van der Waals surface area contributed by atoms with Crippen molar-refractivity contribution in [1.82, 2.24) is 4.90 Å². The van der Waals surface area contributed by atoms with E-state index < -0.39 is 17.7 Å². The van der Waals surface area contributed by atoms with Gasteiger partial charge in [0, 0.05) is 6.54 Å². The van der Waals surface area contributed by atoms with Crippen molar-refractivity contribution in [2.24, 2.45) is 11.8 Å². The molecule has 1 saturated heterocycles. The Morgan fingerprint density at radius 3 is 2.36 bits per heavy atom. The van der Waals surface area contributed by atoms with Crippen LogP contribution in [-0.2, 0) is 20.9 Å². The molecule has 0 unspecified atom stereocenters. The predicted molar refractivity (Wildman–Crippen MR) is 108 cm³/mol. The lowest BCUT2D eigenvalue weighted by atomic mass is 9.76. The zero-order valence-electron chi connectivity index (χ0n) is 17.4. The Hall–Kier alpha value is -2.04. The Balaban J connectivity index is 1.71. The molecule has 1 heterocycles. The minimum atomic E-state index is -0.573. The first-order chi connectivity index (χ1) is 13.3. The third-order valence-corrected chi connectivity index (χ3v) is 5.79. The largest absolute Gasteiger partial charge is 0.458 e. The predicted octanol–water partition coefficient (Wildman–Crippen LogP) is 4.94. The smallest absolute Gasteiger partial charge is 0.410 e. The topological polar surface area (TPSA) is 55.8 Å². The molecule has 1 aromatic carbocycles. The number of esters is 1. The molecule has 28 heavy (non-hydrogen) atoms. The van der Waals surface area contributed by atoms with Crippen LogP contribution in [0.5, 0.6) is 0 Å². The molecule has 5 nitrogen and oxygen atoms in total. The van der Waals surface area contributed by atoms with Crippen LogP contribution in [0.4, 0.5) is 4.79 Å². The van der Waals surface area contributed by atoms with Crippen molar-refractivity contribution in [3.05, 3.63) is 35.9 Å². The number of nitrogens with zero attached hydrogens (tertiary/aromatic N) is 1. The lowest BCUT2D eigenvalue weighted by Crippen LogP contribution is -2.47. The van der Waals surface area contributed by atoms with E-state index in [-0.39, 0.29) is 18.5 Å². The summed E-state index contributed by atoms with van der Waals surface area (Å²) in [6, 6.07) is 9.08. The maximum atomic E-state index is 13.0. The highest BCUT2D eigenvalue weighted by molar-refractivity contribution is 5.82.